The van der Waals surface area contributed by atoms with Gasteiger partial charge in [-0.2, -0.15) is 0 Å². The molecular weight excluding hydrogens is 448 g/mol. The number of carbonyl (C=O) groups excluding carboxylic acids is 2. The molecule has 0 aliphatic heterocycles. The van der Waals surface area contributed by atoms with Crippen LogP contribution in [0, 0.1) is 46.3 Å². The number of aliphatic hydroxyl groups excluding tert-OH is 2. The average molecular weight is 495 g/mol. The van der Waals surface area contributed by atoms with Crippen LogP contribution in [-0.2, 0) is 19.0 Å². The Kier molecular flexibility index (Phi) is 7.78. The predicted molar refractivity (Wildman–Crippen MR) is 130 cm³/mol. The molecule has 7 heteroatoms. The molecule has 4 rings (SSSR count). The summed E-state index contributed by atoms with van der Waals surface area (Å²) >= 11 is 0. The lowest BCUT2D eigenvalue weighted by molar-refractivity contribution is -0.207. The molecule has 200 valence electrons. The van der Waals surface area contributed by atoms with E-state index in [0.717, 1.165) is 44.9 Å². The smallest absolute Gasteiger partial charge is 0.469 e. The molecule has 35 heavy (non-hydrogen) atoms. The molecule has 4 fully saturated rings. The van der Waals surface area contributed by atoms with Crippen LogP contribution in [0.25, 0.3) is 0 Å². The average Bonchev–Trinajstić information content (AvgIpc) is 3.17. The molecule has 0 aromatic rings. The van der Waals surface area contributed by atoms with Crippen LogP contribution in [0.2, 0.25) is 0 Å². The van der Waals surface area contributed by atoms with Crippen molar-refractivity contribution in [1.29, 1.82) is 0 Å². The van der Waals surface area contributed by atoms with Crippen molar-refractivity contribution in [2.24, 2.45) is 46.3 Å². The van der Waals surface area contributed by atoms with E-state index in [1.54, 1.807) is 6.92 Å². The molecule has 4 saturated carbocycles. The predicted octanol–water partition coefficient (Wildman–Crippen LogP) is 4.72. The Morgan fingerprint density at radius 3 is 2.49 bits per heavy atom. The molecular formula is C28H46O7. The number of methoxy groups -OCH3 is 1. The first-order valence-electron chi connectivity index (χ1n) is 13.8. The summed E-state index contributed by atoms with van der Waals surface area (Å²) in [7, 11) is 1.43. The molecule has 0 amide bonds. The summed E-state index contributed by atoms with van der Waals surface area (Å²) in [4.78, 5) is 23.6. The minimum Gasteiger partial charge on any atom is -0.469 e. The fraction of sp³-hybridized carbons (Fsp3) is 0.929. The Hall–Kier alpha value is -1.34. The van der Waals surface area contributed by atoms with Crippen LogP contribution in [0.15, 0.2) is 0 Å². The van der Waals surface area contributed by atoms with E-state index in [2.05, 4.69) is 20.8 Å². The van der Waals surface area contributed by atoms with Gasteiger partial charge in [0.1, 0.15) is 6.10 Å². The summed E-state index contributed by atoms with van der Waals surface area (Å²) in [5.74, 6) is 1.46. The van der Waals surface area contributed by atoms with E-state index >= 15 is 0 Å². The molecule has 0 bridgehead atoms. The highest BCUT2D eigenvalue weighted by molar-refractivity contribution is 5.69. The van der Waals surface area contributed by atoms with Gasteiger partial charge in [-0.3, -0.25) is 4.79 Å². The first-order chi connectivity index (χ1) is 16.6. The molecule has 0 radical (unpaired) electrons. The summed E-state index contributed by atoms with van der Waals surface area (Å²) in [5.41, 5.74) is -0.222. The largest absolute Gasteiger partial charge is 0.508 e. The van der Waals surface area contributed by atoms with Gasteiger partial charge in [-0.1, -0.05) is 20.8 Å². The number of rotatable bonds is 6. The minimum atomic E-state index is -0.600. The van der Waals surface area contributed by atoms with E-state index in [-0.39, 0.29) is 46.6 Å². The highest BCUT2D eigenvalue weighted by Crippen LogP contribution is 2.68. The first-order valence-corrected chi connectivity index (χ1v) is 13.8. The van der Waals surface area contributed by atoms with Crippen molar-refractivity contribution in [2.75, 3.05) is 13.7 Å². The van der Waals surface area contributed by atoms with Gasteiger partial charge >= 0.3 is 12.1 Å². The fourth-order valence-electron chi connectivity index (χ4n) is 9.16. The van der Waals surface area contributed by atoms with E-state index in [0.29, 0.717) is 31.3 Å². The van der Waals surface area contributed by atoms with Crippen LogP contribution in [0.5, 0.6) is 0 Å². The number of fused-ring (bicyclic) bond motifs is 5. The molecule has 0 aromatic carbocycles. The quantitative estimate of drug-likeness (QED) is 0.515. The highest BCUT2D eigenvalue weighted by Gasteiger charge is 2.65. The van der Waals surface area contributed by atoms with Gasteiger partial charge in [0.25, 0.3) is 0 Å². The summed E-state index contributed by atoms with van der Waals surface area (Å²) in [6, 6.07) is 0. The second-order valence-corrected chi connectivity index (χ2v) is 12.4. The lowest BCUT2D eigenvalue weighted by Gasteiger charge is -2.63. The number of hydrogen-bond donors (Lipinski definition) is 2. The third-order valence-electron chi connectivity index (χ3n) is 11.1. The van der Waals surface area contributed by atoms with E-state index in [9.17, 15) is 19.8 Å². The summed E-state index contributed by atoms with van der Waals surface area (Å²) in [5, 5.41) is 23.2. The number of hydrogen-bond acceptors (Lipinski definition) is 7. The number of carbonyl (C=O) groups is 2. The van der Waals surface area contributed by atoms with E-state index in [1.807, 2.05) is 0 Å². The van der Waals surface area contributed by atoms with Crippen molar-refractivity contribution in [2.45, 2.75) is 104 Å². The Morgan fingerprint density at radius 1 is 1.06 bits per heavy atom. The lowest BCUT2D eigenvalue weighted by atomic mass is 9.43. The zero-order valence-corrected chi connectivity index (χ0v) is 22.2. The van der Waals surface area contributed by atoms with Crippen LogP contribution in [0.4, 0.5) is 4.79 Å². The van der Waals surface area contributed by atoms with Crippen molar-refractivity contribution in [1.82, 2.24) is 0 Å². The zero-order valence-electron chi connectivity index (χ0n) is 22.2. The number of esters is 1. The molecule has 0 spiro atoms. The first kappa shape index (κ1) is 26.7. The molecule has 11 atom stereocenters. The van der Waals surface area contributed by atoms with Crippen molar-refractivity contribution in [3.05, 3.63) is 0 Å². The Balaban J connectivity index is 1.50. The maximum atomic E-state index is 11.9. The number of ether oxygens (including phenoxy) is 3. The molecule has 4 aliphatic carbocycles. The second-order valence-electron chi connectivity index (χ2n) is 12.4. The third kappa shape index (κ3) is 4.60. The van der Waals surface area contributed by atoms with Crippen LogP contribution in [0.1, 0.15) is 85.5 Å². The van der Waals surface area contributed by atoms with Gasteiger partial charge in [-0.15, -0.1) is 0 Å². The van der Waals surface area contributed by atoms with Gasteiger partial charge in [0.05, 0.1) is 25.9 Å². The Morgan fingerprint density at radius 2 is 1.80 bits per heavy atom. The van der Waals surface area contributed by atoms with Crippen LogP contribution < -0.4 is 0 Å². The summed E-state index contributed by atoms with van der Waals surface area (Å²) < 4.78 is 15.4. The highest BCUT2D eigenvalue weighted by atomic mass is 16.7. The Bertz CT molecular complexity index is 785. The van der Waals surface area contributed by atoms with Crippen LogP contribution in [-0.4, -0.2) is 54.4 Å². The van der Waals surface area contributed by atoms with Crippen LogP contribution >= 0.6 is 0 Å². The van der Waals surface area contributed by atoms with Gasteiger partial charge in [0.15, 0.2) is 0 Å². The van der Waals surface area contributed by atoms with Gasteiger partial charge in [-0.05, 0) is 105 Å². The van der Waals surface area contributed by atoms with E-state index in [4.69, 9.17) is 14.2 Å². The topological polar surface area (TPSA) is 102 Å². The monoisotopic (exact) mass is 494 g/mol. The lowest BCUT2D eigenvalue weighted by Crippen LogP contribution is -2.62. The molecule has 0 heterocycles. The fourth-order valence-corrected chi connectivity index (χ4v) is 9.16. The van der Waals surface area contributed by atoms with Crippen molar-refractivity contribution in [3.8, 4) is 0 Å². The van der Waals surface area contributed by atoms with E-state index in [1.165, 1.54) is 7.11 Å². The molecule has 2 N–H and O–H groups in total. The van der Waals surface area contributed by atoms with Gasteiger partial charge in [-0.25, -0.2) is 4.79 Å². The third-order valence-corrected chi connectivity index (χ3v) is 11.1. The normalized spacial score (nSPS) is 45.5. The zero-order chi connectivity index (χ0) is 25.5. The van der Waals surface area contributed by atoms with Crippen molar-refractivity contribution in [3.63, 3.8) is 0 Å². The van der Waals surface area contributed by atoms with Gasteiger partial charge < -0.3 is 24.4 Å². The summed E-state index contributed by atoms with van der Waals surface area (Å²) in [6.07, 6.45) is 5.58. The molecule has 0 aromatic heterocycles. The number of aliphatic hydroxyl groups is 2. The van der Waals surface area contributed by atoms with Crippen molar-refractivity contribution >= 4 is 12.1 Å². The standard InChI is InChI=1S/C28H46O7/c1-6-34-26(32)35-18-11-12-27(3)17(13-18)14-22(29)25-20-9-8-19(16(2)7-10-24(31)33-5)28(20,4)23(30)15-21(25)27/h16-23,25,29-30H,6-15H2,1-5H3/t16-,17-,18+,19+,20-,21-,22-,23-,25-,27-,28+/m0/s1. The molecule has 4 aliphatic rings. The van der Waals surface area contributed by atoms with Gasteiger partial charge in [0.2, 0.25) is 0 Å². The maximum absolute atomic E-state index is 11.9. The summed E-state index contributed by atoms with van der Waals surface area (Å²) in [6.45, 7) is 8.88. The molecule has 7 nitrogen and oxygen atoms in total. The SMILES string of the molecule is CCOC(=O)O[C@@H]1CC[C@@]2(C)[C@@H](C1)C[C@H](O)[C@@H]1[C@@H]2C[C@H](O)[C@]2(C)[C@@H]([C@@H](C)CCC(=O)OC)CC[C@@H]12. The van der Waals surface area contributed by atoms with E-state index < -0.39 is 18.4 Å². The van der Waals surface area contributed by atoms with Gasteiger partial charge in [0, 0.05) is 6.42 Å². The minimum absolute atomic E-state index is 0.0231. The molecule has 0 saturated heterocycles. The molecule has 0 unspecified atom stereocenters. The van der Waals surface area contributed by atoms with Crippen molar-refractivity contribution < 1.29 is 34.0 Å². The Labute approximate surface area is 210 Å². The maximum Gasteiger partial charge on any atom is 0.508 e. The second kappa shape index (κ2) is 10.2. The van der Waals surface area contributed by atoms with Crippen LogP contribution in [0.3, 0.4) is 0 Å².